The van der Waals surface area contributed by atoms with Gasteiger partial charge in [-0.1, -0.05) is 12.1 Å². The Balaban J connectivity index is 1.07. The molecule has 1 aromatic carbocycles. The Kier molecular flexibility index (Phi) is 4.83. The number of likely N-dealkylation sites (tertiary alicyclic amines) is 2. The molecule has 1 aromatic heterocycles. The van der Waals surface area contributed by atoms with Crippen molar-refractivity contribution in [3.63, 3.8) is 0 Å². The van der Waals surface area contributed by atoms with E-state index in [2.05, 4.69) is 45.5 Å². The van der Waals surface area contributed by atoms with Crippen LogP contribution >= 0.6 is 0 Å². The molecule has 9 nitrogen and oxygen atoms in total. The molecule has 33 heavy (non-hydrogen) atoms. The lowest BCUT2D eigenvalue weighted by Crippen LogP contribution is -2.45. The highest BCUT2D eigenvalue weighted by Gasteiger charge is 2.52. The summed E-state index contributed by atoms with van der Waals surface area (Å²) in [5.41, 5.74) is 4.16. The number of ether oxygens (including phenoxy) is 1. The van der Waals surface area contributed by atoms with Gasteiger partial charge in [0.25, 0.3) is 0 Å². The summed E-state index contributed by atoms with van der Waals surface area (Å²) in [7, 11) is 0. The van der Waals surface area contributed by atoms with Crippen molar-refractivity contribution in [1.29, 1.82) is 0 Å². The van der Waals surface area contributed by atoms with Gasteiger partial charge in [-0.2, -0.15) is 4.68 Å². The molecule has 0 saturated carbocycles. The van der Waals surface area contributed by atoms with E-state index >= 15 is 0 Å². The number of carbonyl (C=O) groups is 2. The maximum absolute atomic E-state index is 13.4. The highest BCUT2D eigenvalue weighted by atomic mass is 16.5. The van der Waals surface area contributed by atoms with Crippen molar-refractivity contribution in [2.24, 2.45) is 5.41 Å². The summed E-state index contributed by atoms with van der Waals surface area (Å²) in [6, 6.07) is 6.72. The number of cyclic esters (lactones) is 1. The van der Waals surface area contributed by atoms with Crippen LogP contribution in [-0.4, -0.2) is 74.2 Å². The first-order chi connectivity index (χ1) is 16.0. The Morgan fingerprint density at radius 1 is 1.18 bits per heavy atom. The fraction of sp³-hybridized carbons (Fsp3) is 0.542. The summed E-state index contributed by atoms with van der Waals surface area (Å²) in [4.78, 5) is 29.2. The maximum Gasteiger partial charge on any atom is 0.333 e. The number of amides is 1. The van der Waals surface area contributed by atoms with Crippen molar-refractivity contribution in [1.82, 2.24) is 30.0 Å². The van der Waals surface area contributed by atoms with Gasteiger partial charge in [-0.25, -0.2) is 4.79 Å². The minimum Gasteiger partial charge on any atom is -0.456 e. The van der Waals surface area contributed by atoms with Crippen LogP contribution in [0.1, 0.15) is 43.1 Å². The predicted molar refractivity (Wildman–Crippen MR) is 118 cm³/mol. The summed E-state index contributed by atoms with van der Waals surface area (Å²) in [6.45, 7) is 5.15. The van der Waals surface area contributed by atoms with E-state index in [4.69, 9.17) is 4.74 Å². The first-order valence-electron chi connectivity index (χ1n) is 11.9. The highest BCUT2D eigenvalue weighted by molar-refractivity contribution is 5.91. The van der Waals surface area contributed by atoms with E-state index in [1.54, 1.807) is 0 Å². The molecule has 2 aromatic rings. The van der Waals surface area contributed by atoms with Gasteiger partial charge in [0.1, 0.15) is 6.61 Å². The molecule has 5 heterocycles. The lowest BCUT2D eigenvalue weighted by molar-refractivity contribution is -0.138. The van der Waals surface area contributed by atoms with Gasteiger partial charge in [0.05, 0.1) is 16.8 Å². The Labute approximate surface area is 192 Å². The maximum atomic E-state index is 13.4. The molecular formula is C24H28N6O3. The third-order valence-electron chi connectivity index (χ3n) is 7.81. The van der Waals surface area contributed by atoms with Crippen LogP contribution < -0.4 is 0 Å². The summed E-state index contributed by atoms with van der Waals surface area (Å²) in [5, 5.41) is 12.0. The third kappa shape index (κ3) is 3.45. The zero-order valence-corrected chi connectivity index (χ0v) is 18.9. The molecule has 0 N–H and O–H groups in total. The number of aryl methyl sites for hydroxylation is 2. The van der Waals surface area contributed by atoms with Crippen LogP contribution in [0, 0.1) is 5.41 Å². The largest absolute Gasteiger partial charge is 0.456 e. The van der Waals surface area contributed by atoms with Crippen LogP contribution in [0.3, 0.4) is 0 Å². The minimum absolute atomic E-state index is 0.112. The topological polar surface area (TPSA) is 93.5 Å². The molecule has 2 fully saturated rings. The van der Waals surface area contributed by atoms with E-state index in [1.807, 2.05) is 9.58 Å². The van der Waals surface area contributed by atoms with Gasteiger partial charge >= 0.3 is 5.97 Å². The van der Waals surface area contributed by atoms with Crippen molar-refractivity contribution in [2.75, 3.05) is 26.2 Å². The van der Waals surface area contributed by atoms with Crippen LogP contribution in [0.15, 0.2) is 30.0 Å². The third-order valence-corrected chi connectivity index (χ3v) is 7.81. The summed E-state index contributed by atoms with van der Waals surface area (Å²) in [5.74, 6) is 0.757. The van der Waals surface area contributed by atoms with E-state index in [-0.39, 0.29) is 29.9 Å². The number of fused-ring (bicyclic) bond motifs is 3. The molecule has 0 aliphatic carbocycles. The Morgan fingerprint density at radius 3 is 2.82 bits per heavy atom. The fourth-order valence-corrected chi connectivity index (χ4v) is 6.02. The molecule has 1 amide bonds. The first-order valence-corrected chi connectivity index (χ1v) is 11.9. The SMILES string of the molecule is C[C@@H]1CC2(CCN(CCc3ccc4c(c3)CCc3nnnn3-4)CC2)C(=O)N1C1=CC(=O)OC1. The highest BCUT2D eigenvalue weighted by Crippen LogP contribution is 2.46. The number of hydrogen-bond acceptors (Lipinski definition) is 7. The number of esters is 1. The zero-order chi connectivity index (χ0) is 22.6. The quantitative estimate of drug-likeness (QED) is 0.654. The molecule has 0 bridgehead atoms. The Morgan fingerprint density at radius 2 is 2.03 bits per heavy atom. The smallest absolute Gasteiger partial charge is 0.333 e. The van der Waals surface area contributed by atoms with Crippen LogP contribution in [0.2, 0.25) is 0 Å². The number of hydrogen-bond donors (Lipinski definition) is 0. The number of benzene rings is 1. The van der Waals surface area contributed by atoms with Crippen LogP contribution in [0.25, 0.3) is 5.69 Å². The number of tetrazole rings is 1. The molecule has 0 radical (unpaired) electrons. The molecule has 172 valence electrons. The molecule has 4 aliphatic heterocycles. The fourth-order valence-electron chi connectivity index (χ4n) is 6.02. The zero-order valence-electron chi connectivity index (χ0n) is 18.9. The van der Waals surface area contributed by atoms with E-state index in [1.165, 1.54) is 17.2 Å². The number of aromatic nitrogens is 4. The molecular weight excluding hydrogens is 420 g/mol. The van der Waals surface area contributed by atoms with E-state index in [0.717, 1.165) is 75.4 Å². The predicted octanol–water partition coefficient (Wildman–Crippen LogP) is 1.45. The van der Waals surface area contributed by atoms with Crippen molar-refractivity contribution in [2.45, 2.75) is 51.5 Å². The number of nitrogens with zero attached hydrogens (tertiary/aromatic N) is 6. The van der Waals surface area contributed by atoms with Crippen molar-refractivity contribution in [3.05, 3.63) is 46.9 Å². The van der Waals surface area contributed by atoms with E-state index in [9.17, 15) is 9.59 Å². The average molecular weight is 449 g/mol. The van der Waals surface area contributed by atoms with Gasteiger partial charge in [-0.3, -0.25) is 4.79 Å². The molecule has 1 atom stereocenters. The monoisotopic (exact) mass is 448 g/mol. The summed E-state index contributed by atoms with van der Waals surface area (Å²) in [6.07, 6.45) is 6.92. The molecule has 0 unspecified atom stereocenters. The second-order valence-corrected chi connectivity index (χ2v) is 9.81. The summed E-state index contributed by atoms with van der Waals surface area (Å²) >= 11 is 0. The van der Waals surface area contributed by atoms with Gasteiger partial charge in [-0.15, -0.1) is 5.10 Å². The molecule has 2 saturated heterocycles. The van der Waals surface area contributed by atoms with Crippen molar-refractivity contribution < 1.29 is 14.3 Å². The van der Waals surface area contributed by atoms with Crippen LogP contribution in [0.4, 0.5) is 0 Å². The van der Waals surface area contributed by atoms with Gasteiger partial charge in [0, 0.05) is 25.1 Å². The number of piperidine rings is 1. The Bertz CT molecular complexity index is 1150. The van der Waals surface area contributed by atoms with Crippen LogP contribution in [0.5, 0.6) is 0 Å². The average Bonchev–Trinajstić information content (AvgIpc) is 3.52. The molecule has 9 heteroatoms. The first kappa shape index (κ1) is 20.5. The lowest BCUT2D eigenvalue weighted by Gasteiger charge is -2.38. The van der Waals surface area contributed by atoms with Crippen molar-refractivity contribution >= 4 is 11.9 Å². The number of carbonyl (C=O) groups excluding carboxylic acids is 2. The normalized spacial score (nSPS) is 24.1. The van der Waals surface area contributed by atoms with E-state index in [0.29, 0.717) is 0 Å². The summed E-state index contributed by atoms with van der Waals surface area (Å²) < 4.78 is 6.89. The van der Waals surface area contributed by atoms with Crippen molar-refractivity contribution in [3.8, 4) is 5.69 Å². The van der Waals surface area contributed by atoms with Gasteiger partial charge in [0.2, 0.25) is 5.91 Å². The molecule has 4 aliphatic rings. The van der Waals surface area contributed by atoms with Gasteiger partial charge in [-0.05, 0) is 79.7 Å². The standard InChI is InChI=1S/C24H28N6O3/c1-16-14-24(23(32)29(16)19-13-22(31)33-15-19)7-10-28(11-8-24)9-6-17-2-4-20-18(12-17)3-5-21-25-26-27-30(20)21/h2,4,12-13,16H,3,5-11,14-15H2,1H3/t16-/m1/s1. The van der Waals surface area contributed by atoms with Gasteiger partial charge < -0.3 is 14.5 Å². The molecule has 1 spiro atoms. The Hall–Kier alpha value is -3.07. The molecule has 6 rings (SSSR count). The number of rotatable bonds is 4. The second kappa shape index (κ2) is 7.76. The second-order valence-electron chi connectivity index (χ2n) is 9.81. The van der Waals surface area contributed by atoms with Crippen LogP contribution in [-0.2, 0) is 33.6 Å². The lowest BCUT2D eigenvalue weighted by atomic mass is 9.76. The van der Waals surface area contributed by atoms with Gasteiger partial charge in [0.15, 0.2) is 5.82 Å². The minimum atomic E-state index is -0.346. The van der Waals surface area contributed by atoms with E-state index < -0.39 is 0 Å².